The Labute approximate surface area is 54.2 Å². The van der Waals surface area contributed by atoms with E-state index < -0.39 is 0 Å². The van der Waals surface area contributed by atoms with Crippen LogP contribution in [0.1, 0.15) is 13.3 Å². The minimum absolute atomic E-state index is 0.315. The second-order valence-corrected chi connectivity index (χ2v) is 1.94. The molecule has 0 fully saturated rings. The second kappa shape index (κ2) is 2.49. The van der Waals surface area contributed by atoms with Gasteiger partial charge in [-0.3, -0.25) is 4.99 Å². The number of aliphatic hydroxyl groups is 1. The van der Waals surface area contributed by atoms with Crippen LogP contribution in [0.2, 0.25) is 0 Å². The van der Waals surface area contributed by atoms with Crippen LogP contribution in [0.15, 0.2) is 28.6 Å². The topological polar surface area (TPSA) is 32.6 Å². The number of rotatable bonds is 0. The molecule has 0 aromatic heterocycles. The third kappa shape index (κ3) is 1.42. The maximum absolute atomic E-state index is 8.91. The van der Waals surface area contributed by atoms with Crippen molar-refractivity contribution in [3.8, 4) is 0 Å². The molecule has 0 bridgehead atoms. The van der Waals surface area contributed by atoms with Gasteiger partial charge in [-0.05, 0) is 13.0 Å². The minimum Gasteiger partial charge on any atom is -0.511 e. The van der Waals surface area contributed by atoms with E-state index in [4.69, 9.17) is 5.11 Å². The molecule has 0 saturated heterocycles. The Bertz CT molecular complexity index is 185. The first-order valence-corrected chi connectivity index (χ1v) is 2.88. The number of hydrogen-bond acceptors (Lipinski definition) is 2. The van der Waals surface area contributed by atoms with Crippen molar-refractivity contribution in [3.63, 3.8) is 0 Å². The van der Waals surface area contributed by atoms with Gasteiger partial charge in [0, 0.05) is 12.6 Å². The van der Waals surface area contributed by atoms with E-state index >= 15 is 0 Å². The highest BCUT2D eigenvalue weighted by molar-refractivity contribution is 5.73. The van der Waals surface area contributed by atoms with Gasteiger partial charge in [0.05, 0.1) is 5.70 Å². The average molecular weight is 123 g/mol. The van der Waals surface area contributed by atoms with E-state index in [0.29, 0.717) is 5.76 Å². The molecule has 1 aliphatic rings. The van der Waals surface area contributed by atoms with Crippen molar-refractivity contribution in [2.75, 3.05) is 0 Å². The molecule has 0 saturated carbocycles. The fraction of sp³-hybridized carbons (Fsp3) is 0.286. The molecule has 0 amide bonds. The van der Waals surface area contributed by atoms with Crippen molar-refractivity contribution in [3.05, 3.63) is 23.6 Å². The van der Waals surface area contributed by atoms with E-state index in [9.17, 15) is 0 Å². The zero-order valence-electron chi connectivity index (χ0n) is 5.33. The first-order valence-electron chi connectivity index (χ1n) is 2.88. The van der Waals surface area contributed by atoms with Crippen LogP contribution in [0.5, 0.6) is 0 Å². The third-order valence-corrected chi connectivity index (χ3v) is 1.18. The van der Waals surface area contributed by atoms with Crippen LogP contribution in [0, 0.1) is 0 Å². The van der Waals surface area contributed by atoms with Crippen molar-refractivity contribution in [2.24, 2.45) is 4.99 Å². The Morgan fingerprint density at radius 2 is 2.56 bits per heavy atom. The number of aliphatic hydroxyl groups excluding tert-OH is 1. The van der Waals surface area contributed by atoms with Gasteiger partial charge in [-0.25, -0.2) is 0 Å². The summed E-state index contributed by atoms with van der Waals surface area (Å²) < 4.78 is 0. The Balaban J connectivity index is 2.78. The van der Waals surface area contributed by atoms with Crippen molar-refractivity contribution in [1.29, 1.82) is 0 Å². The molecule has 0 aliphatic carbocycles. The number of hydrogen-bond donors (Lipinski definition) is 1. The zero-order valence-corrected chi connectivity index (χ0v) is 5.33. The van der Waals surface area contributed by atoms with Crippen LogP contribution < -0.4 is 0 Å². The molecule has 2 heteroatoms. The summed E-state index contributed by atoms with van der Waals surface area (Å²) in [7, 11) is 0. The summed E-state index contributed by atoms with van der Waals surface area (Å²) >= 11 is 0. The van der Waals surface area contributed by atoms with Gasteiger partial charge in [-0.15, -0.1) is 0 Å². The first kappa shape index (κ1) is 6.08. The van der Waals surface area contributed by atoms with Gasteiger partial charge in [0.1, 0.15) is 5.76 Å². The van der Waals surface area contributed by atoms with Crippen molar-refractivity contribution < 1.29 is 5.11 Å². The lowest BCUT2D eigenvalue weighted by atomic mass is 10.2. The molecule has 0 atom stereocenters. The first-order chi connectivity index (χ1) is 4.30. The van der Waals surface area contributed by atoms with Gasteiger partial charge < -0.3 is 5.11 Å². The number of nitrogens with zero attached hydrogens (tertiary/aromatic N) is 1. The molecule has 1 N–H and O–H groups in total. The van der Waals surface area contributed by atoms with Gasteiger partial charge in [0.25, 0.3) is 0 Å². The Hall–Kier alpha value is -1.05. The number of dihydropyridines is 1. The Kier molecular flexibility index (Phi) is 1.68. The molecule has 1 rings (SSSR count). The van der Waals surface area contributed by atoms with Crippen molar-refractivity contribution in [2.45, 2.75) is 13.3 Å². The van der Waals surface area contributed by atoms with Crippen LogP contribution in [0.4, 0.5) is 0 Å². The highest BCUT2D eigenvalue weighted by Gasteiger charge is 1.97. The Morgan fingerprint density at radius 1 is 1.78 bits per heavy atom. The molecule has 48 valence electrons. The predicted octanol–water partition coefficient (Wildman–Crippen LogP) is 1.81. The maximum atomic E-state index is 8.91. The van der Waals surface area contributed by atoms with Gasteiger partial charge in [-0.1, -0.05) is 6.08 Å². The van der Waals surface area contributed by atoms with Crippen LogP contribution in [-0.4, -0.2) is 11.3 Å². The highest BCUT2D eigenvalue weighted by Crippen LogP contribution is 2.10. The molecular formula is C7H9NO. The fourth-order valence-corrected chi connectivity index (χ4v) is 0.667. The molecular weight excluding hydrogens is 114 g/mol. The fourth-order valence-electron chi connectivity index (χ4n) is 0.667. The smallest absolute Gasteiger partial charge is 0.111 e. The maximum Gasteiger partial charge on any atom is 0.111 e. The third-order valence-electron chi connectivity index (χ3n) is 1.18. The molecule has 0 aromatic rings. The molecule has 9 heavy (non-hydrogen) atoms. The van der Waals surface area contributed by atoms with E-state index in [-0.39, 0.29) is 0 Å². The van der Waals surface area contributed by atoms with Gasteiger partial charge in [0.15, 0.2) is 0 Å². The highest BCUT2D eigenvalue weighted by atomic mass is 16.3. The molecule has 0 spiro atoms. The Morgan fingerprint density at radius 3 is 2.89 bits per heavy atom. The second-order valence-electron chi connectivity index (χ2n) is 1.94. The average Bonchev–Trinajstić information content (AvgIpc) is 1.90. The van der Waals surface area contributed by atoms with E-state index in [2.05, 4.69) is 4.99 Å². The molecule has 0 unspecified atom stereocenters. The molecule has 1 aliphatic heterocycles. The lowest BCUT2D eigenvalue weighted by Crippen LogP contribution is -1.87. The lowest BCUT2D eigenvalue weighted by Gasteiger charge is -2.00. The summed E-state index contributed by atoms with van der Waals surface area (Å²) in [6, 6.07) is 0. The van der Waals surface area contributed by atoms with E-state index in [1.807, 2.05) is 12.2 Å². The van der Waals surface area contributed by atoms with Crippen molar-refractivity contribution in [1.82, 2.24) is 0 Å². The largest absolute Gasteiger partial charge is 0.511 e. The minimum atomic E-state index is 0.315. The van der Waals surface area contributed by atoms with Crippen LogP contribution >= 0.6 is 0 Å². The summed E-state index contributed by atoms with van der Waals surface area (Å²) in [5, 5.41) is 8.91. The molecule has 0 radical (unpaired) electrons. The molecule has 1 heterocycles. The predicted molar refractivity (Wildman–Crippen MR) is 37.6 cm³/mol. The van der Waals surface area contributed by atoms with Crippen LogP contribution in [0.25, 0.3) is 0 Å². The lowest BCUT2D eigenvalue weighted by molar-refractivity contribution is 0.405. The van der Waals surface area contributed by atoms with Gasteiger partial charge in [0.2, 0.25) is 0 Å². The van der Waals surface area contributed by atoms with Crippen molar-refractivity contribution >= 4 is 6.21 Å². The van der Waals surface area contributed by atoms with E-state index in [0.717, 1.165) is 12.1 Å². The van der Waals surface area contributed by atoms with Crippen LogP contribution in [-0.2, 0) is 0 Å². The van der Waals surface area contributed by atoms with E-state index in [1.54, 1.807) is 13.1 Å². The molecule has 0 aromatic carbocycles. The summed E-state index contributed by atoms with van der Waals surface area (Å²) in [4.78, 5) is 3.95. The van der Waals surface area contributed by atoms with E-state index in [1.165, 1.54) is 0 Å². The monoisotopic (exact) mass is 123 g/mol. The summed E-state index contributed by atoms with van der Waals surface area (Å²) in [6.07, 6.45) is 6.26. The summed E-state index contributed by atoms with van der Waals surface area (Å²) in [5.74, 6) is 0.315. The standard InChI is InChI=1S/C7H9NO/c1-6(9)7-4-2-3-5-8-7/h2-3,5,9H,4H2,1H3/b7-6-. The van der Waals surface area contributed by atoms with Crippen LogP contribution in [0.3, 0.4) is 0 Å². The normalized spacial score (nSPS) is 22.3. The number of aliphatic imine (C=N–C) groups is 1. The molecule has 2 nitrogen and oxygen atoms in total. The SMILES string of the molecule is C/C(O)=C1\CC=CC=N1. The van der Waals surface area contributed by atoms with Gasteiger partial charge in [-0.2, -0.15) is 0 Å². The summed E-state index contributed by atoms with van der Waals surface area (Å²) in [6.45, 7) is 1.64. The quantitative estimate of drug-likeness (QED) is 0.489. The van der Waals surface area contributed by atoms with Gasteiger partial charge >= 0.3 is 0 Å². The zero-order chi connectivity index (χ0) is 6.69. The summed E-state index contributed by atoms with van der Waals surface area (Å²) in [5.41, 5.74) is 0.762. The number of allylic oxidation sites excluding steroid dienone is 3.